The molecule has 9 nitrogen and oxygen atoms in total. The molecule has 1 aliphatic rings. The summed E-state index contributed by atoms with van der Waals surface area (Å²) < 4.78 is 26.9. The number of pyridine rings is 1. The molecule has 1 aromatic heterocycles. The Balaban J connectivity index is 2.03. The SMILES string of the molecule is COc1ccc(C(=O)N2CCO[C@H](CO)[C@H]2c2ccc(OC)c(OC)c2)c(OC)n1. The molecule has 0 saturated carbocycles. The van der Waals surface area contributed by atoms with Crippen molar-refractivity contribution in [3.05, 3.63) is 41.5 Å². The van der Waals surface area contributed by atoms with Crippen LogP contribution in [0.4, 0.5) is 0 Å². The molecule has 1 saturated heterocycles. The van der Waals surface area contributed by atoms with Crippen LogP contribution in [0, 0.1) is 0 Å². The van der Waals surface area contributed by atoms with Crippen LogP contribution >= 0.6 is 0 Å². The van der Waals surface area contributed by atoms with E-state index in [9.17, 15) is 9.90 Å². The number of morpholine rings is 1. The first-order chi connectivity index (χ1) is 14.6. The molecule has 3 rings (SSSR count). The van der Waals surface area contributed by atoms with Gasteiger partial charge in [-0.3, -0.25) is 4.79 Å². The number of nitrogens with zero attached hydrogens (tertiary/aromatic N) is 2. The third-order valence-corrected chi connectivity index (χ3v) is 5.01. The zero-order chi connectivity index (χ0) is 21.7. The summed E-state index contributed by atoms with van der Waals surface area (Å²) in [5, 5.41) is 9.92. The third-order valence-electron chi connectivity index (χ3n) is 5.01. The van der Waals surface area contributed by atoms with Crippen LogP contribution in [-0.4, -0.2) is 75.2 Å². The Morgan fingerprint density at radius 3 is 2.50 bits per heavy atom. The van der Waals surface area contributed by atoms with E-state index in [2.05, 4.69) is 4.98 Å². The first-order valence-electron chi connectivity index (χ1n) is 9.42. The molecule has 2 atom stereocenters. The highest BCUT2D eigenvalue weighted by Crippen LogP contribution is 2.37. The second-order valence-corrected chi connectivity index (χ2v) is 6.56. The number of ether oxygens (including phenoxy) is 5. The van der Waals surface area contributed by atoms with Gasteiger partial charge in [-0.1, -0.05) is 6.07 Å². The maximum Gasteiger partial charge on any atom is 0.260 e. The van der Waals surface area contributed by atoms with Gasteiger partial charge in [-0.05, 0) is 23.8 Å². The van der Waals surface area contributed by atoms with E-state index in [1.165, 1.54) is 14.2 Å². The number of carbonyl (C=O) groups excluding carboxylic acids is 1. The predicted molar refractivity (Wildman–Crippen MR) is 107 cm³/mol. The van der Waals surface area contributed by atoms with Crippen LogP contribution in [0.3, 0.4) is 0 Å². The number of methoxy groups -OCH3 is 4. The van der Waals surface area contributed by atoms with E-state index in [0.29, 0.717) is 36.1 Å². The Morgan fingerprint density at radius 1 is 1.10 bits per heavy atom. The van der Waals surface area contributed by atoms with Gasteiger partial charge in [-0.25, -0.2) is 0 Å². The van der Waals surface area contributed by atoms with Crippen LogP contribution in [0.5, 0.6) is 23.3 Å². The Hall–Kier alpha value is -3.04. The van der Waals surface area contributed by atoms with Crippen molar-refractivity contribution < 1.29 is 33.6 Å². The average Bonchev–Trinajstić information content (AvgIpc) is 2.81. The molecule has 1 amide bonds. The zero-order valence-corrected chi connectivity index (χ0v) is 17.5. The fourth-order valence-corrected chi connectivity index (χ4v) is 3.56. The van der Waals surface area contributed by atoms with Crippen molar-refractivity contribution in [2.75, 3.05) is 48.2 Å². The quantitative estimate of drug-likeness (QED) is 0.725. The van der Waals surface area contributed by atoms with Crippen LogP contribution in [0.15, 0.2) is 30.3 Å². The van der Waals surface area contributed by atoms with Crippen LogP contribution in [0.2, 0.25) is 0 Å². The molecule has 1 N–H and O–H groups in total. The topological polar surface area (TPSA) is 99.6 Å². The summed E-state index contributed by atoms with van der Waals surface area (Å²) in [5.41, 5.74) is 1.04. The molecule has 30 heavy (non-hydrogen) atoms. The minimum Gasteiger partial charge on any atom is -0.493 e. The van der Waals surface area contributed by atoms with Crippen molar-refractivity contribution >= 4 is 5.91 Å². The largest absolute Gasteiger partial charge is 0.493 e. The van der Waals surface area contributed by atoms with Crippen molar-refractivity contribution in [1.29, 1.82) is 0 Å². The second kappa shape index (κ2) is 9.64. The van der Waals surface area contributed by atoms with Crippen LogP contribution < -0.4 is 18.9 Å². The number of carbonyl (C=O) groups is 1. The minimum atomic E-state index is -0.599. The summed E-state index contributed by atoms with van der Waals surface area (Å²) in [6.07, 6.45) is -0.599. The van der Waals surface area contributed by atoms with Gasteiger partial charge in [0, 0.05) is 12.6 Å². The van der Waals surface area contributed by atoms with Crippen molar-refractivity contribution in [3.8, 4) is 23.3 Å². The van der Waals surface area contributed by atoms with Gasteiger partial charge in [0.05, 0.1) is 47.7 Å². The second-order valence-electron chi connectivity index (χ2n) is 6.56. The van der Waals surface area contributed by atoms with Gasteiger partial charge >= 0.3 is 0 Å². The summed E-state index contributed by atoms with van der Waals surface area (Å²) in [5.74, 6) is 1.31. The molecule has 2 heterocycles. The fraction of sp³-hybridized carbons (Fsp3) is 0.429. The highest BCUT2D eigenvalue weighted by molar-refractivity contribution is 5.97. The van der Waals surface area contributed by atoms with Gasteiger partial charge in [-0.15, -0.1) is 0 Å². The number of aliphatic hydroxyl groups is 1. The molecular weight excluding hydrogens is 392 g/mol. The molecule has 1 fully saturated rings. The summed E-state index contributed by atoms with van der Waals surface area (Å²) in [6.45, 7) is 0.386. The van der Waals surface area contributed by atoms with E-state index in [4.69, 9.17) is 23.7 Å². The first-order valence-corrected chi connectivity index (χ1v) is 9.42. The number of aromatic nitrogens is 1. The molecule has 162 valence electrons. The Morgan fingerprint density at radius 2 is 1.87 bits per heavy atom. The number of benzene rings is 1. The number of hydrogen-bond acceptors (Lipinski definition) is 8. The lowest BCUT2D eigenvalue weighted by Crippen LogP contribution is -2.49. The van der Waals surface area contributed by atoms with Crippen LogP contribution in [-0.2, 0) is 4.74 Å². The number of rotatable bonds is 7. The average molecular weight is 418 g/mol. The molecule has 0 radical (unpaired) electrons. The Kier molecular flexibility index (Phi) is 6.96. The lowest BCUT2D eigenvalue weighted by atomic mass is 9.97. The minimum absolute atomic E-state index is 0.164. The molecule has 0 bridgehead atoms. The van der Waals surface area contributed by atoms with E-state index in [1.807, 2.05) is 6.07 Å². The molecule has 0 spiro atoms. The maximum absolute atomic E-state index is 13.5. The maximum atomic E-state index is 13.5. The zero-order valence-electron chi connectivity index (χ0n) is 17.5. The normalized spacial score (nSPS) is 18.6. The standard InChI is InChI=1S/C21H26N2O7/c1-26-15-7-5-13(11-16(15)27-2)19-17(12-24)30-10-9-23(19)21(25)14-6-8-18(28-3)22-20(14)29-4/h5-8,11,17,19,24H,9-10,12H2,1-4H3/t17-,19-/m1/s1. The lowest BCUT2D eigenvalue weighted by molar-refractivity contribution is -0.0812. The van der Waals surface area contributed by atoms with Gasteiger partial charge in [0.1, 0.15) is 11.7 Å². The summed E-state index contributed by atoms with van der Waals surface area (Å²) >= 11 is 0. The molecule has 1 aliphatic heterocycles. The summed E-state index contributed by atoms with van der Waals surface area (Å²) in [6, 6.07) is 8.04. The number of aliphatic hydroxyl groups excluding tert-OH is 1. The van der Waals surface area contributed by atoms with Gasteiger partial charge in [-0.2, -0.15) is 4.98 Å². The van der Waals surface area contributed by atoms with Crippen LogP contribution in [0.25, 0.3) is 0 Å². The van der Waals surface area contributed by atoms with Gasteiger partial charge < -0.3 is 33.7 Å². The van der Waals surface area contributed by atoms with E-state index in [-0.39, 0.29) is 18.4 Å². The van der Waals surface area contributed by atoms with E-state index in [1.54, 1.807) is 43.4 Å². The molecule has 9 heteroatoms. The molecule has 0 aliphatic carbocycles. The Bertz CT molecular complexity index is 890. The van der Waals surface area contributed by atoms with Crippen molar-refractivity contribution in [2.24, 2.45) is 0 Å². The predicted octanol–water partition coefficient (Wildman–Crippen LogP) is 1.69. The van der Waals surface area contributed by atoms with Crippen molar-refractivity contribution in [1.82, 2.24) is 9.88 Å². The van der Waals surface area contributed by atoms with Gasteiger partial charge in [0.25, 0.3) is 5.91 Å². The molecule has 2 aromatic rings. The first kappa shape index (κ1) is 21.7. The van der Waals surface area contributed by atoms with Crippen molar-refractivity contribution in [3.63, 3.8) is 0 Å². The van der Waals surface area contributed by atoms with Crippen LogP contribution in [0.1, 0.15) is 22.0 Å². The summed E-state index contributed by atoms with van der Waals surface area (Å²) in [4.78, 5) is 19.3. The fourth-order valence-electron chi connectivity index (χ4n) is 3.56. The lowest BCUT2D eigenvalue weighted by Gasteiger charge is -2.41. The molecule has 1 aromatic carbocycles. The van der Waals surface area contributed by atoms with Gasteiger partial charge in [0.2, 0.25) is 11.8 Å². The highest BCUT2D eigenvalue weighted by atomic mass is 16.5. The van der Waals surface area contributed by atoms with Gasteiger partial charge in [0.15, 0.2) is 11.5 Å². The molecular formula is C21H26N2O7. The van der Waals surface area contributed by atoms with E-state index in [0.717, 1.165) is 5.56 Å². The smallest absolute Gasteiger partial charge is 0.260 e. The van der Waals surface area contributed by atoms with Crippen molar-refractivity contribution in [2.45, 2.75) is 12.1 Å². The van der Waals surface area contributed by atoms with E-state index >= 15 is 0 Å². The monoisotopic (exact) mass is 418 g/mol. The highest BCUT2D eigenvalue weighted by Gasteiger charge is 2.38. The third kappa shape index (κ3) is 4.12. The Labute approximate surface area is 175 Å². The van der Waals surface area contributed by atoms with E-state index < -0.39 is 12.1 Å². The number of amides is 1. The number of hydrogen-bond donors (Lipinski definition) is 1. The summed E-state index contributed by atoms with van der Waals surface area (Å²) in [7, 11) is 6.03. The molecule has 0 unspecified atom stereocenters.